The quantitative estimate of drug-likeness (QED) is 0.639. The van der Waals surface area contributed by atoms with Crippen molar-refractivity contribution >= 4 is 29.1 Å². The Labute approximate surface area is 121 Å². The molecule has 0 aromatic heterocycles. The molecule has 5 heteroatoms. The van der Waals surface area contributed by atoms with Crippen LogP contribution in [0.4, 0.5) is 5.69 Å². The number of halogens is 1. The lowest BCUT2D eigenvalue weighted by Gasteiger charge is -2.22. The van der Waals surface area contributed by atoms with Crippen LogP contribution in [0.2, 0.25) is 5.02 Å². The zero-order chi connectivity index (χ0) is 14.4. The molecule has 0 radical (unpaired) electrons. The van der Waals surface area contributed by atoms with Crippen LogP contribution in [-0.2, 0) is 9.59 Å². The number of hydrogen-bond donors (Lipinski definition) is 1. The number of carbonyl (C=O) groups excluding carboxylic acids is 2. The topological polar surface area (TPSA) is 57.6 Å². The summed E-state index contributed by atoms with van der Waals surface area (Å²) in [6.07, 6.45) is 4.48. The number of allylic oxidation sites excluding steroid dienone is 2. The predicted octanol–water partition coefficient (Wildman–Crippen LogP) is 2.75. The minimum atomic E-state index is -0.342. The Morgan fingerprint density at radius 1 is 1.30 bits per heavy atom. The van der Waals surface area contributed by atoms with Crippen LogP contribution in [0, 0.1) is 17.8 Å². The van der Waals surface area contributed by atoms with Gasteiger partial charge in [0.2, 0.25) is 11.8 Å². The first-order valence-corrected chi connectivity index (χ1v) is 6.91. The van der Waals surface area contributed by atoms with Gasteiger partial charge in [0.05, 0.1) is 17.5 Å². The number of carbonyl (C=O) groups is 2. The fourth-order valence-corrected chi connectivity index (χ4v) is 3.23. The van der Waals surface area contributed by atoms with Crippen LogP contribution < -0.4 is 4.90 Å². The lowest BCUT2D eigenvalue weighted by Crippen LogP contribution is -2.31. The van der Waals surface area contributed by atoms with Gasteiger partial charge in [-0.2, -0.15) is 0 Å². The van der Waals surface area contributed by atoms with Gasteiger partial charge in [-0.15, -0.1) is 0 Å². The van der Waals surface area contributed by atoms with E-state index < -0.39 is 0 Å². The largest absolute Gasteiger partial charge is 0.506 e. The maximum atomic E-state index is 12.5. The summed E-state index contributed by atoms with van der Waals surface area (Å²) in [5.41, 5.74) is 0.175. The van der Waals surface area contributed by atoms with Crippen molar-refractivity contribution in [3.8, 4) is 5.75 Å². The first-order chi connectivity index (χ1) is 9.50. The molecule has 1 saturated heterocycles. The maximum absolute atomic E-state index is 12.5. The fraction of sp³-hybridized carbons (Fsp3) is 0.333. The molecular formula is C15H14ClNO3. The highest BCUT2D eigenvalue weighted by molar-refractivity contribution is 6.31. The summed E-state index contributed by atoms with van der Waals surface area (Å²) >= 11 is 5.90. The maximum Gasteiger partial charge on any atom is 0.238 e. The van der Waals surface area contributed by atoms with Gasteiger partial charge in [-0.25, -0.2) is 4.90 Å². The molecule has 1 aromatic carbocycles. The number of amides is 2. The highest BCUT2D eigenvalue weighted by Crippen LogP contribution is 2.43. The average Bonchev–Trinajstić information content (AvgIpc) is 2.66. The number of aromatic hydroxyl groups is 1. The monoisotopic (exact) mass is 291 g/mol. The lowest BCUT2D eigenvalue weighted by molar-refractivity contribution is -0.122. The minimum Gasteiger partial charge on any atom is -0.506 e. The van der Waals surface area contributed by atoms with Gasteiger partial charge in [-0.1, -0.05) is 30.7 Å². The van der Waals surface area contributed by atoms with Gasteiger partial charge in [0.25, 0.3) is 0 Å². The summed E-state index contributed by atoms with van der Waals surface area (Å²) < 4.78 is 0. The Balaban J connectivity index is 2.06. The van der Waals surface area contributed by atoms with Crippen molar-refractivity contribution in [3.05, 3.63) is 35.4 Å². The second-order valence-electron chi connectivity index (χ2n) is 5.30. The molecule has 2 amide bonds. The molecule has 1 N–H and O–H groups in total. The van der Waals surface area contributed by atoms with Crippen molar-refractivity contribution in [3.63, 3.8) is 0 Å². The third-order valence-electron chi connectivity index (χ3n) is 4.05. The highest BCUT2D eigenvalue weighted by Gasteiger charge is 2.50. The van der Waals surface area contributed by atoms with Crippen LogP contribution in [0.1, 0.15) is 13.3 Å². The number of nitrogens with zero attached hydrogens (tertiary/aromatic N) is 1. The van der Waals surface area contributed by atoms with Crippen LogP contribution >= 0.6 is 11.6 Å². The van der Waals surface area contributed by atoms with Crippen molar-refractivity contribution in [1.29, 1.82) is 0 Å². The standard InChI is InChI=1S/C15H14ClNO3/c1-8-3-2-4-10-13(8)15(20)17(14(10)19)11-7-9(16)5-6-12(11)18/h2-3,5-8,10,13,18H,4H2,1H3/t8-,10-,13+/m1/s1. The smallest absolute Gasteiger partial charge is 0.238 e. The van der Waals surface area contributed by atoms with Crippen molar-refractivity contribution in [2.24, 2.45) is 17.8 Å². The summed E-state index contributed by atoms with van der Waals surface area (Å²) in [5, 5.41) is 10.3. The van der Waals surface area contributed by atoms with Crippen molar-refractivity contribution in [2.45, 2.75) is 13.3 Å². The van der Waals surface area contributed by atoms with Gasteiger partial charge in [0.1, 0.15) is 5.75 Å². The van der Waals surface area contributed by atoms with E-state index in [4.69, 9.17) is 11.6 Å². The van der Waals surface area contributed by atoms with Crippen molar-refractivity contribution in [2.75, 3.05) is 4.90 Å². The number of imide groups is 1. The molecule has 3 rings (SSSR count). The first kappa shape index (κ1) is 13.2. The molecule has 3 atom stereocenters. The second kappa shape index (κ2) is 4.63. The van der Waals surface area contributed by atoms with E-state index in [-0.39, 0.29) is 41.0 Å². The molecule has 2 aliphatic rings. The van der Waals surface area contributed by atoms with E-state index >= 15 is 0 Å². The van der Waals surface area contributed by atoms with Gasteiger partial charge >= 0.3 is 0 Å². The lowest BCUT2D eigenvalue weighted by atomic mass is 9.78. The molecule has 1 aliphatic heterocycles. The minimum absolute atomic E-state index is 0.0246. The summed E-state index contributed by atoms with van der Waals surface area (Å²) in [5.74, 6) is -1.28. The zero-order valence-corrected chi connectivity index (χ0v) is 11.7. The van der Waals surface area contributed by atoms with E-state index in [0.717, 1.165) is 4.90 Å². The van der Waals surface area contributed by atoms with Gasteiger partial charge in [0.15, 0.2) is 0 Å². The summed E-state index contributed by atoms with van der Waals surface area (Å²) in [4.78, 5) is 26.1. The Bertz CT molecular complexity index is 626. The third-order valence-corrected chi connectivity index (χ3v) is 4.29. The molecule has 4 nitrogen and oxygen atoms in total. The van der Waals surface area contributed by atoms with Crippen LogP contribution in [0.15, 0.2) is 30.4 Å². The number of anilines is 1. The molecule has 1 heterocycles. The second-order valence-corrected chi connectivity index (χ2v) is 5.74. The molecule has 1 aliphatic carbocycles. The van der Waals surface area contributed by atoms with Crippen molar-refractivity contribution < 1.29 is 14.7 Å². The van der Waals surface area contributed by atoms with Crippen LogP contribution in [0.3, 0.4) is 0 Å². The van der Waals surface area contributed by atoms with E-state index in [1.807, 2.05) is 19.1 Å². The van der Waals surface area contributed by atoms with Crippen LogP contribution in [0.25, 0.3) is 0 Å². The Hall–Kier alpha value is -1.81. The fourth-order valence-electron chi connectivity index (χ4n) is 3.06. The number of phenols is 1. The number of fused-ring (bicyclic) bond motifs is 1. The Kier molecular flexibility index (Phi) is 3.05. The SMILES string of the molecule is C[C@@H]1C=CC[C@H]2C(=O)N(c3cc(Cl)ccc3O)C(=O)[C@@H]12. The molecule has 0 bridgehead atoms. The van der Waals surface area contributed by atoms with Gasteiger partial charge in [-0.3, -0.25) is 9.59 Å². The molecule has 1 fully saturated rings. The van der Waals surface area contributed by atoms with E-state index in [9.17, 15) is 14.7 Å². The van der Waals surface area contributed by atoms with Gasteiger partial charge in [-0.05, 0) is 30.5 Å². The average molecular weight is 292 g/mol. The van der Waals surface area contributed by atoms with E-state index in [2.05, 4.69) is 0 Å². The van der Waals surface area contributed by atoms with Crippen molar-refractivity contribution in [1.82, 2.24) is 0 Å². The van der Waals surface area contributed by atoms with Gasteiger partial charge in [0, 0.05) is 5.02 Å². The molecule has 0 spiro atoms. The third kappa shape index (κ3) is 1.83. The highest BCUT2D eigenvalue weighted by atomic mass is 35.5. The first-order valence-electron chi connectivity index (χ1n) is 6.53. The zero-order valence-electron chi connectivity index (χ0n) is 10.9. The van der Waals surface area contributed by atoms with Crippen LogP contribution in [0.5, 0.6) is 5.75 Å². The van der Waals surface area contributed by atoms with Gasteiger partial charge < -0.3 is 5.11 Å². The number of phenolic OH excluding ortho intramolecular Hbond substituents is 1. The summed E-state index contributed by atoms with van der Waals surface area (Å²) in [6, 6.07) is 4.35. The summed E-state index contributed by atoms with van der Waals surface area (Å²) in [6.45, 7) is 1.93. The predicted molar refractivity (Wildman–Crippen MR) is 75.5 cm³/mol. The molecule has 0 unspecified atom stereocenters. The normalized spacial score (nSPS) is 28.9. The number of rotatable bonds is 1. The van der Waals surface area contributed by atoms with E-state index in [0.29, 0.717) is 11.4 Å². The Morgan fingerprint density at radius 3 is 2.75 bits per heavy atom. The number of benzene rings is 1. The summed E-state index contributed by atoms with van der Waals surface area (Å²) in [7, 11) is 0. The number of hydrogen-bond acceptors (Lipinski definition) is 3. The molecule has 0 saturated carbocycles. The molecule has 1 aromatic rings. The molecule has 104 valence electrons. The molecular weight excluding hydrogens is 278 g/mol. The van der Waals surface area contributed by atoms with E-state index in [1.165, 1.54) is 18.2 Å². The Morgan fingerprint density at radius 2 is 2.05 bits per heavy atom. The molecule has 20 heavy (non-hydrogen) atoms. The van der Waals surface area contributed by atoms with E-state index in [1.54, 1.807) is 0 Å². The van der Waals surface area contributed by atoms with Crippen LogP contribution in [-0.4, -0.2) is 16.9 Å².